The molecule has 1 unspecified atom stereocenters. The topological polar surface area (TPSA) is 72.9 Å². The van der Waals surface area contributed by atoms with Crippen molar-refractivity contribution in [1.29, 1.82) is 0 Å². The Kier molecular flexibility index (Phi) is 3.63. The molecule has 1 atom stereocenters. The van der Waals surface area contributed by atoms with Gasteiger partial charge in [0.1, 0.15) is 12.1 Å². The molecule has 7 nitrogen and oxygen atoms in total. The van der Waals surface area contributed by atoms with Crippen LogP contribution < -0.4 is 0 Å². The van der Waals surface area contributed by atoms with Crippen LogP contribution in [-0.4, -0.2) is 42.7 Å². The van der Waals surface area contributed by atoms with E-state index in [9.17, 15) is 0 Å². The fourth-order valence-electron chi connectivity index (χ4n) is 2.98. The minimum atomic E-state index is 0.366. The van der Waals surface area contributed by atoms with Crippen molar-refractivity contribution in [2.75, 3.05) is 13.1 Å². The largest absolute Gasteiger partial charge is 0.340 e. The first-order valence-electron chi connectivity index (χ1n) is 7.74. The molecule has 7 heteroatoms. The normalized spacial score (nSPS) is 18.6. The molecular weight excluding hydrogens is 292 g/mol. The quantitative estimate of drug-likeness (QED) is 0.733. The van der Waals surface area contributed by atoms with Gasteiger partial charge in [-0.3, -0.25) is 9.47 Å². The van der Waals surface area contributed by atoms with Crippen molar-refractivity contribution in [3.63, 3.8) is 0 Å². The third-order valence-electron chi connectivity index (χ3n) is 4.17. The van der Waals surface area contributed by atoms with Gasteiger partial charge in [-0.1, -0.05) is 11.2 Å². The van der Waals surface area contributed by atoms with Crippen LogP contribution in [-0.2, 0) is 6.54 Å². The summed E-state index contributed by atoms with van der Waals surface area (Å²) in [5, 5.41) is 4.05. The third-order valence-corrected chi connectivity index (χ3v) is 4.17. The Balaban J connectivity index is 1.39. The van der Waals surface area contributed by atoms with Gasteiger partial charge in [0.15, 0.2) is 5.82 Å². The van der Waals surface area contributed by atoms with Crippen molar-refractivity contribution >= 4 is 0 Å². The molecule has 0 saturated carbocycles. The summed E-state index contributed by atoms with van der Waals surface area (Å²) in [4.78, 5) is 15.3. The highest BCUT2D eigenvalue weighted by Gasteiger charge is 2.27. The molecule has 0 aromatic carbocycles. The van der Waals surface area contributed by atoms with Crippen molar-refractivity contribution in [2.45, 2.75) is 25.8 Å². The molecule has 1 aliphatic rings. The van der Waals surface area contributed by atoms with E-state index in [-0.39, 0.29) is 0 Å². The summed E-state index contributed by atoms with van der Waals surface area (Å²) in [7, 11) is 0. The van der Waals surface area contributed by atoms with E-state index in [0.717, 1.165) is 37.7 Å². The maximum atomic E-state index is 5.08. The second kappa shape index (κ2) is 5.92. The predicted octanol–water partition coefficient (Wildman–Crippen LogP) is 1.95. The lowest BCUT2D eigenvalue weighted by atomic mass is 10.1. The first kappa shape index (κ1) is 14.1. The number of likely N-dealkylation sites (tertiary alicyclic amines) is 1. The van der Waals surface area contributed by atoms with E-state index >= 15 is 0 Å². The van der Waals surface area contributed by atoms with Crippen molar-refractivity contribution in [3.05, 3.63) is 54.3 Å². The predicted molar refractivity (Wildman–Crippen MR) is 83.0 cm³/mol. The van der Waals surface area contributed by atoms with Crippen molar-refractivity contribution in [2.24, 2.45) is 0 Å². The van der Waals surface area contributed by atoms with Crippen LogP contribution in [0.25, 0.3) is 5.82 Å². The van der Waals surface area contributed by atoms with E-state index in [2.05, 4.69) is 31.1 Å². The minimum Gasteiger partial charge on any atom is -0.340 e. The number of aromatic nitrogens is 5. The fraction of sp³-hybridized carbons (Fsp3) is 0.375. The highest BCUT2D eigenvalue weighted by molar-refractivity contribution is 5.25. The van der Waals surface area contributed by atoms with Gasteiger partial charge in [-0.2, -0.15) is 4.98 Å². The molecule has 1 aliphatic heterocycles. The summed E-state index contributed by atoms with van der Waals surface area (Å²) in [6.45, 7) is 4.73. The third kappa shape index (κ3) is 3.00. The first-order chi connectivity index (χ1) is 11.3. The van der Waals surface area contributed by atoms with Gasteiger partial charge in [-0.05, 0) is 24.6 Å². The van der Waals surface area contributed by atoms with Crippen LogP contribution in [0.15, 0.2) is 41.6 Å². The monoisotopic (exact) mass is 310 g/mol. The van der Waals surface area contributed by atoms with Gasteiger partial charge in [0.25, 0.3) is 0 Å². The second-order valence-electron chi connectivity index (χ2n) is 5.89. The number of nitrogens with zero attached hydrogens (tertiary/aromatic N) is 6. The van der Waals surface area contributed by atoms with Gasteiger partial charge in [-0.15, -0.1) is 0 Å². The summed E-state index contributed by atoms with van der Waals surface area (Å²) in [6, 6.07) is 4.14. The smallest absolute Gasteiger partial charge is 0.223 e. The molecule has 4 heterocycles. The maximum absolute atomic E-state index is 5.08. The Morgan fingerprint density at radius 3 is 3.00 bits per heavy atom. The summed E-state index contributed by atoms with van der Waals surface area (Å²) in [5.41, 5.74) is 1.21. The SMILES string of the molecule is Cc1nc(C2CCN(Cc3ccc(-n4ccnc4)nc3)C2)no1. The summed E-state index contributed by atoms with van der Waals surface area (Å²) < 4.78 is 6.98. The highest BCUT2D eigenvalue weighted by atomic mass is 16.5. The van der Waals surface area contributed by atoms with Crippen LogP contribution in [0.4, 0.5) is 0 Å². The molecule has 23 heavy (non-hydrogen) atoms. The molecule has 118 valence electrons. The lowest BCUT2D eigenvalue weighted by Gasteiger charge is -2.15. The summed E-state index contributed by atoms with van der Waals surface area (Å²) in [5.74, 6) is 2.72. The second-order valence-corrected chi connectivity index (χ2v) is 5.89. The molecule has 0 N–H and O–H groups in total. The van der Waals surface area contributed by atoms with Crippen molar-refractivity contribution < 1.29 is 4.52 Å². The Morgan fingerprint density at radius 1 is 1.35 bits per heavy atom. The average molecular weight is 310 g/mol. The molecule has 0 bridgehead atoms. The van der Waals surface area contributed by atoms with Crippen LogP contribution in [0.1, 0.15) is 29.6 Å². The van der Waals surface area contributed by atoms with Crippen LogP contribution in [0.5, 0.6) is 0 Å². The lowest BCUT2D eigenvalue weighted by molar-refractivity contribution is 0.323. The zero-order chi connectivity index (χ0) is 15.6. The maximum Gasteiger partial charge on any atom is 0.223 e. The van der Waals surface area contributed by atoms with E-state index in [1.54, 1.807) is 12.5 Å². The lowest BCUT2D eigenvalue weighted by Crippen LogP contribution is -2.20. The van der Waals surface area contributed by atoms with E-state index in [0.29, 0.717) is 11.8 Å². The number of pyridine rings is 1. The van der Waals surface area contributed by atoms with E-state index < -0.39 is 0 Å². The molecule has 0 radical (unpaired) electrons. The van der Waals surface area contributed by atoms with Crippen LogP contribution >= 0.6 is 0 Å². The summed E-state index contributed by atoms with van der Waals surface area (Å²) in [6.07, 6.45) is 8.39. The molecule has 1 saturated heterocycles. The van der Waals surface area contributed by atoms with E-state index in [4.69, 9.17) is 4.52 Å². The van der Waals surface area contributed by atoms with Gasteiger partial charge in [0, 0.05) is 44.5 Å². The molecule has 0 aliphatic carbocycles. The zero-order valence-corrected chi connectivity index (χ0v) is 13.0. The molecule has 3 aromatic rings. The number of hydrogen-bond acceptors (Lipinski definition) is 6. The van der Waals surface area contributed by atoms with E-state index in [1.807, 2.05) is 30.0 Å². The van der Waals surface area contributed by atoms with Gasteiger partial charge >= 0.3 is 0 Å². The van der Waals surface area contributed by atoms with Gasteiger partial charge in [0.2, 0.25) is 5.89 Å². The molecule has 1 fully saturated rings. The van der Waals surface area contributed by atoms with Gasteiger partial charge in [-0.25, -0.2) is 9.97 Å². The molecule has 0 amide bonds. The van der Waals surface area contributed by atoms with Crippen LogP contribution in [0, 0.1) is 6.92 Å². The average Bonchev–Trinajstić information content (AvgIpc) is 3.29. The highest BCUT2D eigenvalue weighted by Crippen LogP contribution is 2.26. The van der Waals surface area contributed by atoms with E-state index in [1.165, 1.54) is 5.56 Å². The molecule has 3 aromatic heterocycles. The zero-order valence-electron chi connectivity index (χ0n) is 13.0. The van der Waals surface area contributed by atoms with Gasteiger partial charge < -0.3 is 4.52 Å². The van der Waals surface area contributed by atoms with Crippen LogP contribution in [0.3, 0.4) is 0 Å². The van der Waals surface area contributed by atoms with Crippen LogP contribution in [0.2, 0.25) is 0 Å². The molecular formula is C16H18N6O. The standard InChI is InChI=1S/C16H18N6O/c1-12-19-16(20-23-12)14-4-6-21(10-14)9-13-2-3-15(18-8-13)22-7-5-17-11-22/h2-3,5,7-8,11,14H,4,6,9-10H2,1H3. The first-order valence-corrected chi connectivity index (χ1v) is 7.74. The number of hydrogen-bond donors (Lipinski definition) is 0. The summed E-state index contributed by atoms with van der Waals surface area (Å²) >= 11 is 0. The number of rotatable bonds is 4. The number of aryl methyl sites for hydroxylation is 1. The molecule has 0 spiro atoms. The van der Waals surface area contributed by atoms with Crippen molar-refractivity contribution in [3.8, 4) is 5.82 Å². The Hall–Kier alpha value is -2.54. The van der Waals surface area contributed by atoms with Gasteiger partial charge in [0.05, 0.1) is 0 Å². The Labute approximate surface area is 134 Å². The molecule has 4 rings (SSSR count). The Morgan fingerprint density at radius 2 is 2.30 bits per heavy atom. The Bertz CT molecular complexity index is 764. The number of imidazole rings is 1. The minimum absolute atomic E-state index is 0.366. The fourth-order valence-corrected chi connectivity index (χ4v) is 2.98. The van der Waals surface area contributed by atoms with Crippen molar-refractivity contribution in [1.82, 2.24) is 29.6 Å².